The van der Waals surface area contributed by atoms with Crippen molar-refractivity contribution in [2.24, 2.45) is 0 Å². The molecule has 0 unspecified atom stereocenters. The molecule has 1 amide bonds. The first-order chi connectivity index (χ1) is 7.72. The monoisotopic (exact) mass is 225 g/mol. The summed E-state index contributed by atoms with van der Waals surface area (Å²) in [5.74, 6) is 0.169. The molecule has 16 heavy (non-hydrogen) atoms. The third-order valence-electron chi connectivity index (χ3n) is 1.97. The van der Waals surface area contributed by atoms with Crippen LogP contribution in [0.1, 0.15) is 19.8 Å². The first-order valence-corrected chi connectivity index (χ1v) is 5.37. The molecule has 1 aromatic carbocycles. The first-order valence-electron chi connectivity index (χ1n) is 5.37. The molecular formula is C12H16FNO2. The van der Waals surface area contributed by atoms with Crippen LogP contribution in [0.4, 0.5) is 4.39 Å². The van der Waals surface area contributed by atoms with Crippen molar-refractivity contribution in [3.05, 3.63) is 30.1 Å². The lowest BCUT2D eigenvalue weighted by Crippen LogP contribution is -2.27. The van der Waals surface area contributed by atoms with Crippen LogP contribution in [0.15, 0.2) is 24.3 Å². The molecule has 0 spiro atoms. The van der Waals surface area contributed by atoms with Crippen LogP contribution in [0.2, 0.25) is 0 Å². The van der Waals surface area contributed by atoms with Gasteiger partial charge < -0.3 is 10.1 Å². The van der Waals surface area contributed by atoms with E-state index in [1.807, 2.05) is 6.92 Å². The van der Waals surface area contributed by atoms with Gasteiger partial charge in [-0.15, -0.1) is 0 Å². The van der Waals surface area contributed by atoms with E-state index in [0.717, 1.165) is 6.42 Å². The van der Waals surface area contributed by atoms with Crippen molar-refractivity contribution >= 4 is 5.91 Å². The van der Waals surface area contributed by atoms with Gasteiger partial charge in [-0.1, -0.05) is 13.0 Å². The zero-order valence-electron chi connectivity index (χ0n) is 9.33. The average Bonchev–Trinajstić information content (AvgIpc) is 2.25. The van der Waals surface area contributed by atoms with Gasteiger partial charge in [-0.25, -0.2) is 4.39 Å². The SMILES string of the molecule is CCCC(=O)NCCOc1cccc(F)c1. The third kappa shape index (κ3) is 4.77. The summed E-state index contributed by atoms with van der Waals surface area (Å²) in [7, 11) is 0. The highest BCUT2D eigenvalue weighted by molar-refractivity contribution is 5.75. The van der Waals surface area contributed by atoms with E-state index in [4.69, 9.17) is 4.74 Å². The van der Waals surface area contributed by atoms with E-state index in [1.54, 1.807) is 12.1 Å². The summed E-state index contributed by atoms with van der Waals surface area (Å²) in [5, 5.41) is 2.71. The van der Waals surface area contributed by atoms with Gasteiger partial charge in [-0.3, -0.25) is 4.79 Å². The van der Waals surface area contributed by atoms with Crippen molar-refractivity contribution in [1.29, 1.82) is 0 Å². The standard InChI is InChI=1S/C12H16FNO2/c1-2-4-12(15)14-7-8-16-11-6-3-5-10(13)9-11/h3,5-6,9H,2,4,7-8H2,1H3,(H,14,15). The van der Waals surface area contributed by atoms with E-state index in [-0.39, 0.29) is 11.7 Å². The van der Waals surface area contributed by atoms with Crippen molar-refractivity contribution in [3.8, 4) is 5.75 Å². The van der Waals surface area contributed by atoms with Gasteiger partial charge in [-0.2, -0.15) is 0 Å². The maximum absolute atomic E-state index is 12.8. The van der Waals surface area contributed by atoms with Crippen molar-refractivity contribution in [3.63, 3.8) is 0 Å². The molecule has 0 aliphatic carbocycles. The second-order valence-electron chi connectivity index (χ2n) is 3.41. The lowest BCUT2D eigenvalue weighted by molar-refractivity contribution is -0.121. The Bertz CT molecular complexity index is 342. The number of ether oxygens (including phenoxy) is 1. The highest BCUT2D eigenvalue weighted by Crippen LogP contribution is 2.11. The Morgan fingerprint density at radius 1 is 1.50 bits per heavy atom. The van der Waals surface area contributed by atoms with E-state index in [9.17, 15) is 9.18 Å². The van der Waals surface area contributed by atoms with Gasteiger partial charge in [0.1, 0.15) is 18.2 Å². The van der Waals surface area contributed by atoms with Crippen molar-refractivity contribution in [1.82, 2.24) is 5.32 Å². The quantitative estimate of drug-likeness (QED) is 0.753. The van der Waals surface area contributed by atoms with Crippen LogP contribution in [-0.4, -0.2) is 19.1 Å². The molecule has 0 aliphatic heterocycles. The van der Waals surface area contributed by atoms with Gasteiger partial charge in [-0.05, 0) is 18.6 Å². The highest BCUT2D eigenvalue weighted by atomic mass is 19.1. The smallest absolute Gasteiger partial charge is 0.220 e. The molecule has 1 aromatic rings. The number of rotatable bonds is 6. The molecular weight excluding hydrogens is 209 g/mol. The Kier molecular flexibility index (Phi) is 5.32. The molecule has 0 aromatic heterocycles. The number of carbonyl (C=O) groups is 1. The molecule has 0 saturated heterocycles. The summed E-state index contributed by atoms with van der Waals surface area (Å²) in [6.07, 6.45) is 1.36. The van der Waals surface area contributed by atoms with E-state index in [0.29, 0.717) is 25.3 Å². The summed E-state index contributed by atoms with van der Waals surface area (Å²) in [6, 6.07) is 5.93. The van der Waals surface area contributed by atoms with Crippen molar-refractivity contribution in [2.75, 3.05) is 13.2 Å². The molecule has 4 heteroatoms. The fourth-order valence-corrected chi connectivity index (χ4v) is 1.23. The lowest BCUT2D eigenvalue weighted by Gasteiger charge is -2.07. The van der Waals surface area contributed by atoms with Crippen LogP contribution in [0.25, 0.3) is 0 Å². The zero-order chi connectivity index (χ0) is 11.8. The number of benzene rings is 1. The lowest BCUT2D eigenvalue weighted by atomic mass is 10.3. The maximum atomic E-state index is 12.8. The molecule has 0 saturated carbocycles. The molecule has 0 bridgehead atoms. The van der Waals surface area contributed by atoms with Crippen molar-refractivity contribution < 1.29 is 13.9 Å². The van der Waals surface area contributed by atoms with Crippen molar-refractivity contribution in [2.45, 2.75) is 19.8 Å². The number of carbonyl (C=O) groups excluding carboxylic acids is 1. The van der Waals surface area contributed by atoms with Gasteiger partial charge in [0.2, 0.25) is 5.91 Å². The molecule has 1 N–H and O–H groups in total. The van der Waals surface area contributed by atoms with Gasteiger partial charge in [0.25, 0.3) is 0 Å². The Hall–Kier alpha value is -1.58. The summed E-state index contributed by atoms with van der Waals surface area (Å²) < 4.78 is 18.0. The molecule has 3 nitrogen and oxygen atoms in total. The molecule has 0 heterocycles. The van der Waals surface area contributed by atoms with Crippen LogP contribution in [0.5, 0.6) is 5.75 Å². The van der Waals surface area contributed by atoms with E-state index in [1.165, 1.54) is 12.1 Å². The zero-order valence-corrected chi connectivity index (χ0v) is 9.33. The second kappa shape index (κ2) is 6.82. The minimum atomic E-state index is -0.326. The first kappa shape index (κ1) is 12.5. The minimum absolute atomic E-state index is 0.0188. The third-order valence-corrected chi connectivity index (χ3v) is 1.97. The minimum Gasteiger partial charge on any atom is -0.492 e. The number of amides is 1. The second-order valence-corrected chi connectivity index (χ2v) is 3.41. The molecule has 0 aliphatic rings. The Balaban J connectivity index is 2.18. The fraction of sp³-hybridized carbons (Fsp3) is 0.417. The Labute approximate surface area is 94.6 Å². The Morgan fingerprint density at radius 3 is 3.00 bits per heavy atom. The van der Waals surface area contributed by atoms with Gasteiger partial charge in [0.05, 0.1) is 6.54 Å². The van der Waals surface area contributed by atoms with Gasteiger partial charge in [0.15, 0.2) is 0 Å². The molecule has 88 valence electrons. The largest absolute Gasteiger partial charge is 0.492 e. The van der Waals surface area contributed by atoms with Gasteiger partial charge >= 0.3 is 0 Å². The fourth-order valence-electron chi connectivity index (χ4n) is 1.23. The summed E-state index contributed by atoms with van der Waals surface area (Å²) in [5.41, 5.74) is 0. The van der Waals surface area contributed by atoms with Crippen LogP contribution >= 0.6 is 0 Å². The summed E-state index contributed by atoms with van der Waals surface area (Å²) in [4.78, 5) is 11.1. The van der Waals surface area contributed by atoms with Gasteiger partial charge in [0, 0.05) is 12.5 Å². The summed E-state index contributed by atoms with van der Waals surface area (Å²) >= 11 is 0. The van der Waals surface area contributed by atoms with E-state index in [2.05, 4.69) is 5.32 Å². The number of halogens is 1. The normalized spacial score (nSPS) is 9.88. The molecule has 0 fully saturated rings. The predicted molar refractivity (Wildman–Crippen MR) is 59.8 cm³/mol. The maximum Gasteiger partial charge on any atom is 0.220 e. The average molecular weight is 225 g/mol. The number of nitrogens with one attached hydrogen (secondary N) is 1. The van der Waals surface area contributed by atoms with Crippen LogP contribution in [-0.2, 0) is 4.79 Å². The highest BCUT2D eigenvalue weighted by Gasteiger charge is 1.99. The predicted octanol–water partition coefficient (Wildman–Crippen LogP) is 2.12. The molecule has 0 atom stereocenters. The Morgan fingerprint density at radius 2 is 2.31 bits per heavy atom. The van der Waals surface area contributed by atoms with Crippen LogP contribution < -0.4 is 10.1 Å². The molecule has 1 rings (SSSR count). The summed E-state index contributed by atoms with van der Waals surface area (Å²) in [6.45, 7) is 2.73. The van der Waals surface area contributed by atoms with E-state index < -0.39 is 0 Å². The van der Waals surface area contributed by atoms with E-state index >= 15 is 0 Å². The van der Waals surface area contributed by atoms with Crippen LogP contribution in [0.3, 0.4) is 0 Å². The number of hydrogen-bond acceptors (Lipinski definition) is 2. The topological polar surface area (TPSA) is 38.3 Å². The molecule has 0 radical (unpaired) electrons. The number of hydrogen-bond donors (Lipinski definition) is 1. The van der Waals surface area contributed by atoms with Crippen LogP contribution in [0, 0.1) is 5.82 Å².